The molecule has 1 nitrogen and oxygen atoms in total. The van der Waals surface area contributed by atoms with Gasteiger partial charge in [0.2, 0.25) is 0 Å². The number of unbranched alkanes of at least 4 members (excludes halogenated alkanes) is 7. The van der Waals surface area contributed by atoms with Crippen molar-refractivity contribution in [3.63, 3.8) is 0 Å². The number of hydrogen-bond donors (Lipinski definition) is 0. The fraction of sp³-hybridized carbons (Fsp3) is 0.643. The van der Waals surface area contributed by atoms with Gasteiger partial charge in [-0.3, -0.25) is 4.79 Å². The SMILES string of the molecule is CCCCCCCCC/C=C\C=C\C=O. The van der Waals surface area contributed by atoms with Crippen molar-refractivity contribution in [1.29, 1.82) is 0 Å². The summed E-state index contributed by atoms with van der Waals surface area (Å²) in [7, 11) is 0. The number of hydrogen-bond acceptors (Lipinski definition) is 1. The van der Waals surface area contributed by atoms with Crippen molar-refractivity contribution in [2.45, 2.75) is 58.3 Å². The molecule has 0 aromatic heterocycles. The molecule has 0 aliphatic carbocycles. The maximum Gasteiger partial charge on any atom is 0.142 e. The lowest BCUT2D eigenvalue weighted by molar-refractivity contribution is -0.104. The molecule has 0 aliphatic heterocycles. The quantitative estimate of drug-likeness (QED) is 0.224. The van der Waals surface area contributed by atoms with Crippen LogP contribution in [0.3, 0.4) is 0 Å². The Morgan fingerprint density at radius 1 is 0.800 bits per heavy atom. The molecule has 0 heterocycles. The number of carbonyl (C=O) groups excluding carboxylic acids is 1. The number of aldehydes is 1. The Kier molecular flexibility index (Phi) is 12.4. The van der Waals surface area contributed by atoms with E-state index in [2.05, 4.69) is 13.0 Å². The molecule has 0 saturated heterocycles. The van der Waals surface area contributed by atoms with Crippen LogP contribution in [0.5, 0.6) is 0 Å². The molecule has 0 bridgehead atoms. The summed E-state index contributed by atoms with van der Waals surface area (Å²) >= 11 is 0. The molecule has 0 aromatic carbocycles. The van der Waals surface area contributed by atoms with Crippen LogP contribution in [-0.2, 0) is 4.79 Å². The van der Waals surface area contributed by atoms with Crippen LogP contribution in [-0.4, -0.2) is 6.29 Å². The van der Waals surface area contributed by atoms with Crippen molar-refractivity contribution < 1.29 is 4.79 Å². The number of carbonyl (C=O) groups is 1. The third-order valence-electron chi connectivity index (χ3n) is 2.41. The monoisotopic (exact) mass is 208 g/mol. The second-order valence-electron chi connectivity index (χ2n) is 3.86. The van der Waals surface area contributed by atoms with Crippen molar-refractivity contribution >= 4 is 6.29 Å². The first-order valence-corrected chi connectivity index (χ1v) is 6.18. The molecule has 0 saturated carbocycles. The third kappa shape index (κ3) is 13.2. The average Bonchev–Trinajstić information content (AvgIpc) is 2.26. The zero-order chi connectivity index (χ0) is 11.2. The van der Waals surface area contributed by atoms with Crippen molar-refractivity contribution in [1.82, 2.24) is 0 Å². The van der Waals surface area contributed by atoms with Crippen LogP contribution in [0.15, 0.2) is 24.3 Å². The molecule has 0 atom stereocenters. The summed E-state index contributed by atoms with van der Waals surface area (Å²) < 4.78 is 0. The highest BCUT2D eigenvalue weighted by Crippen LogP contribution is 2.08. The highest BCUT2D eigenvalue weighted by atomic mass is 16.1. The minimum atomic E-state index is 0.804. The van der Waals surface area contributed by atoms with Gasteiger partial charge < -0.3 is 0 Å². The van der Waals surface area contributed by atoms with E-state index in [1.165, 1.54) is 51.0 Å². The molecular weight excluding hydrogens is 184 g/mol. The summed E-state index contributed by atoms with van der Waals surface area (Å²) in [5.74, 6) is 0. The Balaban J connectivity index is 3.07. The molecule has 1 heteroatoms. The summed E-state index contributed by atoms with van der Waals surface area (Å²) in [6, 6.07) is 0. The molecule has 0 unspecified atom stereocenters. The fourth-order valence-electron chi connectivity index (χ4n) is 1.50. The standard InChI is InChI=1S/C14H24O/c1-2-3-4-5-6-7-8-9-10-11-12-13-14-15/h10-14H,2-9H2,1H3/b11-10-,13-12+. The largest absolute Gasteiger partial charge is 0.299 e. The molecular formula is C14H24O. The number of allylic oxidation sites excluding steroid dienone is 4. The maximum absolute atomic E-state index is 9.94. The molecule has 86 valence electrons. The van der Waals surface area contributed by atoms with Gasteiger partial charge in [0.1, 0.15) is 6.29 Å². The van der Waals surface area contributed by atoms with Crippen LogP contribution in [0.2, 0.25) is 0 Å². The van der Waals surface area contributed by atoms with Crippen molar-refractivity contribution in [2.75, 3.05) is 0 Å². The van der Waals surface area contributed by atoms with Gasteiger partial charge >= 0.3 is 0 Å². The Bertz CT molecular complexity index is 180. The Labute approximate surface area is 94.3 Å². The van der Waals surface area contributed by atoms with Gasteiger partial charge in [-0.05, 0) is 18.9 Å². The molecule has 0 amide bonds. The smallest absolute Gasteiger partial charge is 0.142 e. The van der Waals surface area contributed by atoms with Crippen molar-refractivity contribution in [3.05, 3.63) is 24.3 Å². The normalized spacial score (nSPS) is 11.5. The van der Waals surface area contributed by atoms with Gasteiger partial charge in [0.25, 0.3) is 0 Å². The summed E-state index contributed by atoms with van der Waals surface area (Å²) in [4.78, 5) is 9.94. The first-order chi connectivity index (χ1) is 7.41. The summed E-state index contributed by atoms with van der Waals surface area (Å²) in [6.07, 6.45) is 18.8. The number of rotatable bonds is 10. The summed E-state index contributed by atoms with van der Waals surface area (Å²) in [6.45, 7) is 2.25. The van der Waals surface area contributed by atoms with Gasteiger partial charge in [0, 0.05) is 0 Å². The third-order valence-corrected chi connectivity index (χ3v) is 2.41. The summed E-state index contributed by atoms with van der Waals surface area (Å²) in [5, 5.41) is 0. The van der Waals surface area contributed by atoms with E-state index < -0.39 is 0 Å². The predicted molar refractivity (Wildman–Crippen MR) is 67.0 cm³/mol. The van der Waals surface area contributed by atoms with Gasteiger partial charge in [0.05, 0.1) is 0 Å². The van der Waals surface area contributed by atoms with Gasteiger partial charge in [0.15, 0.2) is 0 Å². The fourth-order valence-corrected chi connectivity index (χ4v) is 1.50. The molecule has 0 N–H and O–H groups in total. The molecule has 0 rings (SSSR count). The second-order valence-corrected chi connectivity index (χ2v) is 3.86. The highest BCUT2D eigenvalue weighted by molar-refractivity contribution is 5.65. The molecule has 0 aliphatic rings. The van der Waals surface area contributed by atoms with Gasteiger partial charge in [-0.25, -0.2) is 0 Å². The van der Waals surface area contributed by atoms with Crippen LogP contribution < -0.4 is 0 Å². The van der Waals surface area contributed by atoms with Gasteiger partial charge in [-0.15, -0.1) is 0 Å². The van der Waals surface area contributed by atoms with Crippen molar-refractivity contribution in [3.8, 4) is 0 Å². The van der Waals surface area contributed by atoms with E-state index in [1.807, 2.05) is 6.08 Å². The van der Waals surface area contributed by atoms with Crippen molar-refractivity contribution in [2.24, 2.45) is 0 Å². The molecule has 0 fully saturated rings. The minimum Gasteiger partial charge on any atom is -0.299 e. The zero-order valence-electron chi connectivity index (χ0n) is 9.95. The van der Waals surface area contributed by atoms with Crippen LogP contribution in [0, 0.1) is 0 Å². The lowest BCUT2D eigenvalue weighted by Crippen LogP contribution is -1.78. The van der Waals surface area contributed by atoms with E-state index in [4.69, 9.17) is 0 Å². The molecule has 0 aromatic rings. The van der Waals surface area contributed by atoms with E-state index >= 15 is 0 Å². The van der Waals surface area contributed by atoms with Crippen LogP contribution in [0.1, 0.15) is 58.3 Å². The van der Waals surface area contributed by atoms with Crippen LogP contribution >= 0.6 is 0 Å². The Hall–Kier alpha value is -0.850. The Morgan fingerprint density at radius 2 is 1.47 bits per heavy atom. The minimum absolute atomic E-state index is 0.804. The van der Waals surface area contributed by atoms with Crippen LogP contribution in [0.4, 0.5) is 0 Å². The molecule has 0 radical (unpaired) electrons. The maximum atomic E-state index is 9.94. The van der Waals surface area contributed by atoms with Crippen LogP contribution in [0.25, 0.3) is 0 Å². The van der Waals surface area contributed by atoms with Gasteiger partial charge in [-0.2, -0.15) is 0 Å². The summed E-state index contributed by atoms with van der Waals surface area (Å²) in [5.41, 5.74) is 0. The lowest BCUT2D eigenvalue weighted by Gasteiger charge is -1.98. The van der Waals surface area contributed by atoms with Gasteiger partial charge in [-0.1, -0.05) is 63.7 Å². The first-order valence-electron chi connectivity index (χ1n) is 6.18. The predicted octanol–water partition coefficient (Wildman–Crippen LogP) is 4.44. The topological polar surface area (TPSA) is 17.1 Å². The molecule has 15 heavy (non-hydrogen) atoms. The first kappa shape index (κ1) is 14.2. The Morgan fingerprint density at radius 3 is 2.13 bits per heavy atom. The van der Waals surface area contributed by atoms with E-state index in [1.54, 1.807) is 6.08 Å². The van der Waals surface area contributed by atoms with E-state index in [0.29, 0.717) is 0 Å². The average molecular weight is 208 g/mol. The van der Waals surface area contributed by atoms with E-state index in [9.17, 15) is 4.79 Å². The van der Waals surface area contributed by atoms with E-state index in [-0.39, 0.29) is 0 Å². The lowest BCUT2D eigenvalue weighted by atomic mass is 10.1. The zero-order valence-corrected chi connectivity index (χ0v) is 9.95. The molecule has 0 spiro atoms. The second kappa shape index (κ2) is 13.2. The van der Waals surface area contributed by atoms with E-state index in [0.717, 1.165) is 12.7 Å². The highest BCUT2D eigenvalue weighted by Gasteiger charge is 1.88.